The van der Waals surface area contributed by atoms with Crippen LogP contribution in [0.4, 0.5) is 0 Å². The summed E-state index contributed by atoms with van der Waals surface area (Å²) >= 11 is 0. The van der Waals surface area contributed by atoms with Crippen molar-refractivity contribution in [2.75, 3.05) is 32.8 Å². The number of rotatable bonds is 6. The first-order chi connectivity index (χ1) is 12.3. The minimum Gasteiger partial charge on any atom is -0.484 e. The van der Waals surface area contributed by atoms with Gasteiger partial charge in [0, 0.05) is 32.1 Å². The number of piperazine rings is 1. The van der Waals surface area contributed by atoms with Gasteiger partial charge in [-0.2, -0.15) is 4.98 Å². The quantitative estimate of drug-likeness (QED) is 0.795. The normalized spacial score (nSPS) is 18.3. The fourth-order valence-electron chi connectivity index (χ4n) is 2.94. The van der Waals surface area contributed by atoms with E-state index in [0.29, 0.717) is 25.6 Å². The Bertz CT molecular complexity index is 706. The summed E-state index contributed by atoms with van der Waals surface area (Å²) in [6, 6.07) is 9.42. The maximum absolute atomic E-state index is 12.3. The molecule has 7 nitrogen and oxygen atoms in total. The SMILES string of the molecule is O=C(COc1ccccc1)N1CCN(Cc2noc(C3CC3)n2)CC1. The van der Waals surface area contributed by atoms with Gasteiger partial charge in [0.25, 0.3) is 5.91 Å². The van der Waals surface area contributed by atoms with E-state index in [1.165, 1.54) is 0 Å². The van der Waals surface area contributed by atoms with Gasteiger partial charge in [-0.1, -0.05) is 23.4 Å². The van der Waals surface area contributed by atoms with Crippen molar-refractivity contribution < 1.29 is 14.1 Å². The van der Waals surface area contributed by atoms with E-state index in [1.54, 1.807) is 0 Å². The number of para-hydroxylation sites is 1. The molecule has 0 bridgehead atoms. The monoisotopic (exact) mass is 342 g/mol. The Balaban J connectivity index is 1.21. The van der Waals surface area contributed by atoms with E-state index in [9.17, 15) is 4.79 Å². The molecule has 2 fully saturated rings. The van der Waals surface area contributed by atoms with Crippen LogP contribution in [-0.4, -0.2) is 58.6 Å². The second kappa shape index (κ2) is 7.23. The Kier molecular flexibility index (Phi) is 4.65. The third-order valence-electron chi connectivity index (χ3n) is 4.61. The summed E-state index contributed by atoms with van der Waals surface area (Å²) in [5, 5.41) is 4.06. The predicted octanol–water partition coefficient (Wildman–Crippen LogP) is 1.67. The third-order valence-corrected chi connectivity index (χ3v) is 4.61. The number of aromatic nitrogens is 2. The van der Waals surface area contributed by atoms with Gasteiger partial charge in [-0.25, -0.2) is 0 Å². The molecule has 1 aliphatic heterocycles. The summed E-state index contributed by atoms with van der Waals surface area (Å²) in [4.78, 5) is 20.8. The van der Waals surface area contributed by atoms with E-state index < -0.39 is 0 Å². The molecule has 1 aromatic carbocycles. The minimum absolute atomic E-state index is 0.0269. The van der Waals surface area contributed by atoms with Crippen LogP contribution in [0.1, 0.15) is 30.5 Å². The lowest BCUT2D eigenvalue weighted by molar-refractivity contribution is -0.135. The molecule has 1 saturated heterocycles. The molecule has 0 spiro atoms. The molecule has 2 aromatic rings. The number of hydrogen-bond donors (Lipinski definition) is 0. The Morgan fingerprint density at radius 3 is 2.64 bits per heavy atom. The smallest absolute Gasteiger partial charge is 0.260 e. The number of carbonyl (C=O) groups is 1. The largest absolute Gasteiger partial charge is 0.484 e. The zero-order chi connectivity index (χ0) is 17.1. The molecular formula is C18H22N4O3. The van der Waals surface area contributed by atoms with E-state index in [1.807, 2.05) is 35.2 Å². The van der Waals surface area contributed by atoms with Crippen LogP contribution in [0.5, 0.6) is 5.75 Å². The summed E-state index contributed by atoms with van der Waals surface area (Å²) in [5.41, 5.74) is 0. The summed E-state index contributed by atoms with van der Waals surface area (Å²) in [7, 11) is 0. The summed E-state index contributed by atoms with van der Waals surface area (Å²) in [6.45, 7) is 3.78. The van der Waals surface area contributed by atoms with E-state index in [4.69, 9.17) is 9.26 Å². The average Bonchev–Trinajstić information content (AvgIpc) is 3.41. The van der Waals surface area contributed by atoms with Crippen LogP contribution >= 0.6 is 0 Å². The highest BCUT2D eigenvalue weighted by Crippen LogP contribution is 2.38. The van der Waals surface area contributed by atoms with E-state index in [2.05, 4.69) is 15.0 Å². The summed E-state index contributed by atoms with van der Waals surface area (Å²) in [5.74, 6) is 2.76. The summed E-state index contributed by atoms with van der Waals surface area (Å²) < 4.78 is 10.8. The molecule has 1 aliphatic carbocycles. The lowest BCUT2D eigenvalue weighted by Crippen LogP contribution is -2.49. The van der Waals surface area contributed by atoms with Crippen molar-refractivity contribution in [3.05, 3.63) is 42.0 Å². The first-order valence-electron chi connectivity index (χ1n) is 8.78. The molecule has 4 rings (SSSR count). The maximum Gasteiger partial charge on any atom is 0.260 e. The maximum atomic E-state index is 12.3. The number of nitrogens with zero attached hydrogens (tertiary/aromatic N) is 4. The fourth-order valence-corrected chi connectivity index (χ4v) is 2.94. The molecule has 132 valence electrons. The van der Waals surface area contributed by atoms with Gasteiger partial charge in [-0.05, 0) is 25.0 Å². The Morgan fingerprint density at radius 1 is 1.16 bits per heavy atom. The highest BCUT2D eigenvalue weighted by molar-refractivity contribution is 5.77. The van der Waals surface area contributed by atoms with Gasteiger partial charge in [0.15, 0.2) is 12.4 Å². The molecule has 2 heterocycles. The van der Waals surface area contributed by atoms with Gasteiger partial charge >= 0.3 is 0 Å². The lowest BCUT2D eigenvalue weighted by Gasteiger charge is -2.33. The predicted molar refractivity (Wildman–Crippen MR) is 90.1 cm³/mol. The second-order valence-electron chi connectivity index (χ2n) is 6.58. The Hall–Kier alpha value is -2.41. The first kappa shape index (κ1) is 16.1. The Morgan fingerprint density at radius 2 is 1.92 bits per heavy atom. The molecule has 0 radical (unpaired) electrons. The first-order valence-corrected chi connectivity index (χ1v) is 8.78. The number of benzene rings is 1. The van der Waals surface area contributed by atoms with Crippen LogP contribution in [-0.2, 0) is 11.3 Å². The average molecular weight is 342 g/mol. The van der Waals surface area contributed by atoms with Crippen molar-refractivity contribution in [2.24, 2.45) is 0 Å². The van der Waals surface area contributed by atoms with Crippen LogP contribution in [0.2, 0.25) is 0 Å². The van der Waals surface area contributed by atoms with Crippen LogP contribution in [0.15, 0.2) is 34.9 Å². The van der Waals surface area contributed by atoms with Gasteiger partial charge < -0.3 is 14.2 Å². The molecule has 25 heavy (non-hydrogen) atoms. The summed E-state index contributed by atoms with van der Waals surface area (Å²) in [6.07, 6.45) is 2.32. The molecule has 7 heteroatoms. The number of ether oxygens (including phenoxy) is 1. The molecule has 0 unspecified atom stereocenters. The topological polar surface area (TPSA) is 71.7 Å². The highest BCUT2D eigenvalue weighted by atomic mass is 16.5. The van der Waals surface area contributed by atoms with Crippen LogP contribution in [0.25, 0.3) is 0 Å². The van der Waals surface area contributed by atoms with Crippen LogP contribution in [0, 0.1) is 0 Å². The number of hydrogen-bond acceptors (Lipinski definition) is 6. The number of amides is 1. The molecule has 0 N–H and O–H groups in total. The van der Waals surface area contributed by atoms with Crippen LogP contribution in [0.3, 0.4) is 0 Å². The molecule has 0 atom stereocenters. The van der Waals surface area contributed by atoms with E-state index in [-0.39, 0.29) is 12.5 Å². The van der Waals surface area contributed by atoms with Gasteiger partial charge in [-0.3, -0.25) is 9.69 Å². The molecular weight excluding hydrogens is 320 g/mol. The van der Waals surface area contributed by atoms with Crippen LogP contribution < -0.4 is 4.74 Å². The third kappa shape index (κ3) is 4.17. The van der Waals surface area contributed by atoms with E-state index >= 15 is 0 Å². The van der Waals surface area contributed by atoms with Gasteiger partial charge in [-0.15, -0.1) is 0 Å². The zero-order valence-electron chi connectivity index (χ0n) is 14.1. The fraction of sp³-hybridized carbons (Fsp3) is 0.500. The van der Waals surface area contributed by atoms with Crippen molar-refractivity contribution in [1.29, 1.82) is 0 Å². The zero-order valence-corrected chi connectivity index (χ0v) is 14.1. The standard InChI is InChI=1S/C18H22N4O3/c23-17(13-24-15-4-2-1-3-5-15)22-10-8-21(9-11-22)12-16-19-18(25-20-16)14-6-7-14/h1-5,14H,6-13H2. The van der Waals surface area contributed by atoms with Crippen molar-refractivity contribution in [3.8, 4) is 5.75 Å². The van der Waals surface area contributed by atoms with Crippen molar-refractivity contribution >= 4 is 5.91 Å². The molecule has 1 amide bonds. The lowest BCUT2D eigenvalue weighted by atomic mass is 10.3. The highest BCUT2D eigenvalue weighted by Gasteiger charge is 2.30. The van der Waals surface area contributed by atoms with Crippen molar-refractivity contribution in [3.63, 3.8) is 0 Å². The molecule has 1 aromatic heterocycles. The van der Waals surface area contributed by atoms with E-state index in [0.717, 1.165) is 43.4 Å². The van der Waals surface area contributed by atoms with Crippen molar-refractivity contribution in [2.45, 2.75) is 25.3 Å². The number of carbonyl (C=O) groups excluding carboxylic acids is 1. The molecule has 2 aliphatic rings. The van der Waals surface area contributed by atoms with Gasteiger partial charge in [0.05, 0.1) is 6.54 Å². The second-order valence-corrected chi connectivity index (χ2v) is 6.58. The van der Waals surface area contributed by atoms with Gasteiger partial charge in [0.2, 0.25) is 5.89 Å². The Labute approximate surface area is 146 Å². The minimum atomic E-state index is 0.0269. The molecule has 1 saturated carbocycles. The van der Waals surface area contributed by atoms with Crippen molar-refractivity contribution in [1.82, 2.24) is 19.9 Å². The van der Waals surface area contributed by atoms with Gasteiger partial charge in [0.1, 0.15) is 5.75 Å².